The minimum Gasteiger partial charge on any atom is -0.381 e. The van der Waals surface area contributed by atoms with Gasteiger partial charge in [-0.25, -0.2) is 0 Å². The molecule has 2 saturated heterocycles. The second kappa shape index (κ2) is 3.82. The lowest BCUT2D eigenvalue weighted by Gasteiger charge is -2.24. The molecule has 3 aliphatic rings. The van der Waals surface area contributed by atoms with E-state index >= 15 is 0 Å². The highest BCUT2D eigenvalue weighted by atomic mass is 16.5. The Labute approximate surface area is 103 Å². The smallest absolute Gasteiger partial charge is 0.0510 e. The topological polar surface area (TPSA) is 12.5 Å². The lowest BCUT2D eigenvalue weighted by atomic mass is 10.0. The molecule has 17 heavy (non-hydrogen) atoms. The van der Waals surface area contributed by atoms with Crippen molar-refractivity contribution in [3.05, 3.63) is 35.4 Å². The number of fused-ring (bicyclic) bond motifs is 2. The summed E-state index contributed by atoms with van der Waals surface area (Å²) in [6.07, 6.45) is 2.52. The Hall–Kier alpha value is -0.860. The fourth-order valence-electron chi connectivity index (χ4n) is 3.82. The lowest BCUT2D eigenvalue weighted by molar-refractivity contribution is 0.140. The molecule has 2 heterocycles. The standard InChI is InChI=1S/C15H19NO/c1-2-4-12-6-15(5-11(12)3-1)16-7-13-9-17-10-14(13)8-16/h1-4,13-15H,5-10H2/t13-,14+. The Kier molecular flexibility index (Phi) is 2.27. The van der Waals surface area contributed by atoms with Crippen LogP contribution >= 0.6 is 0 Å². The van der Waals surface area contributed by atoms with Gasteiger partial charge in [0.1, 0.15) is 0 Å². The fraction of sp³-hybridized carbons (Fsp3) is 0.600. The Morgan fingerprint density at radius 1 is 0.941 bits per heavy atom. The summed E-state index contributed by atoms with van der Waals surface area (Å²) in [4.78, 5) is 2.72. The van der Waals surface area contributed by atoms with Crippen molar-refractivity contribution >= 4 is 0 Å². The van der Waals surface area contributed by atoms with Crippen molar-refractivity contribution in [3.63, 3.8) is 0 Å². The van der Waals surface area contributed by atoms with Gasteiger partial charge in [0.05, 0.1) is 13.2 Å². The molecule has 0 spiro atoms. The van der Waals surface area contributed by atoms with Crippen LogP contribution in [0.25, 0.3) is 0 Å². The van der Waals surface area contributed by atoms with Crippen molar-refractivity contribution in [1.82, 2.24) is 4.90 Å². The predicted octanol–water partition coefficient (Wildman–Crippen LogP) is 1.73. The normalized spacial score (nSPS) is 32.9. The van der Waals surface area contributed by atoms with E-state index in [-0.39, 0.29) is 0 Å². The number of likely N-dealkylation sites (tertiary alicyclic amines) is 1. The molecule has 4 rings (SSSR count). The number of nitrogens with zero attached hydrogens (tertiary/aromatic N) is 1. The maximum Gasteiger partial charge on any atom is 0.0510 e. The molecule has 2 nitrogen and oxygen atoms in total. The number of hydrogen-bond donors (Lipinski definition) is 0. The van der Waals surface area contributed by atoms with Crippen LogP contribution in [0.4, 0.5) is 0 Å². The monoisotopic (exact) mass is 229 g/mol. The van der Waals surface area contributed by atoms with Gasteiger partial charge in [0, 0.05) is 31.0 Å². The van der Waals surface area contributed by atoms with E-state index in [4.69, 9.17) is 4.74 Å². The summed E-state index contributed by atoms with van der Waals surface area (Å²) in [7, 11) is 0. The second-order valence-electron chi connectivity index (χ2n) is 5.84. The van der Waals surface area contributed by atoms with Crippen molar-refractivity contribution < 1.29 is 4.74 Å². The second-order valence-corrected chi connectivity index (χ2v) is 5.84. The first-order valence-electron chi connectivity index (χ1n) is 6.79. The zero-order chi connectivity index (χ0) is 11.2. The van der Waals surface area contributed by atoms with E-state index in [1.807, 2.05) is 0 Å². The first-order chi connectivity index (χ1) is 8.40. The van der Waals surface area contributed by atoms with Gasteiger partial charge in [-0.05, 0) is 24.0 Å². The highest BCUT2D eigenvalue weighted by Gasteiger charge is 2.40. The molecule has 2 fully saturated rings. The average molecular weight is 229 g/mol. The maximum atomic E-state index is 5.56. The number of rotatable bonds is 1. The molecule has 0 radical (unpaired) electrons. The van der Waals surface area contributed by atoms with Crippen molar-refractivity contribution in [1.29, 1.82) is 0 Å². The largest absolute Gasteiger partial charge is 0.381 e. The summed E-state index contributed by atoms with van der Waals surface area (Å²) < 4.78 is 5.56. The van der Waals surface area contributed by atoms with Gasteiger partial charge in [-0.2, -0.15) is 0 Å². The van der Waals surface area contributed by atoms with Gasteiger partial charge in [-0.3, -0.25) is 4.90 Å². The quantitative estimate of drug-likeness (QED) is 0.727. The van der Waals surface area contributed by atoms with Crippen molar-refractivity contribution in [3.8, 4) is 0 Å². The predicted molar refractivity (Wildman–Crippen MR) is 67.0 cm³/mol. The van der Waals surface area contributed by atoms with Gasteiger partial charge in [-0.1, -0.05) is 24.3 Å². The number of ether oxygens (including phenoxy) is 1. The fourth-order valence-corrected chi connectivity index (χ4v) is 3.82. The molecular formula is C15H19NO. The summed E-state index contributed by atoms with van der Waals surface area (Å²) in [6, 6.07) is 9.71. The van der Waals surface area contributed by atoms with Gasteiger partial charge in [0.2, 0.25) is 0 Å². The minimum atomic E-state index is 0.762. The van der Waals surface area contributed by atoms with Gasteiger partial charge in [0.15, 0.2) is 0 Å². The molecule has 90 valence electrons. The average Bonchev–Trinajstić information content (AvgIpc) is 3.01. The lowest BCUT2D eigenvalue weighted by Crippen LogP contribution is -2.35. The maximum absolute atomic E-state index is 5.56. The van der Waals surface area contributed by atoms with Crippen LogP contribution in [0, 0.1) is 11.8 Å². The highest BCUT2D eigenvalue weighted by molar-refractivity contribution is 5.33. The molecule has 1 aromatic carbocycles. The van der Waals surface area contributed by atoms with Gasteiger partial charge >= 0.3 is 0 Å². The van der Waals surface area contributed by atoms with Crippen LogP contribution in [0.15, 0.2) is 24.3 Å². The molecule has 2 atom stereocenters. The van der Waals surface area contributed by atoms with E-state index in [2.05, 4.69) is 29.2 Å². The van der Waals surface area contributed by atoms with E-state index in [0.717, 1.165) is 31.1 Å². The van der Waals surface area contributed by atoms with Crippen LogP contribution < -0.4 is 0 Å². The van der Waals surface area contributed by atoms with Crippen molar-refractivity contribution in [2.24, 2.45) is 11.8 Å². The van der Waals surface area contributed by atoms with E-state index in [1.165, 1.54) is 25.9 Å². The minimum absolute atomic E-state index is 0.762. The number of benzene rings is 1. The van der Waals surface area contributed by atoms with Crippen LogP contribution in [-0.2, 0) is 17.6 Å². The van der Waals surface area contributed by atoms with E-state index in [9.17, 15) is 0 Å². The first kappa shape index (κ1) is 10.1. The van der Waals surface area contributed by atoms with Crippen LogP contribution in [0.2, 0.25) is 0 Å². The van der Waals surface area contributed by atoms with Gasteiger partial charge in [-0.15, -0.1) is 0 Å². The molecule has 0 amide bonds. The SMILES string of the molecule is c1ccc2c(c1)CC(N1C[C@H]3COC[C@H]3C1)C2. The van der Waals surface area contributed by atoms with Crippen LogP contribution in [-0.4, -0.2) is 37.2 Å². The van der Waals surface area contributed by atoms with Crippen LogP contribution in [0.3, 0.4) is 0 Å². The Morgan fingerprint density at radius 3 is 2.12 bits per heavy atom. The number of hydrogen-bond acceptors (Lipinski definition) is 2. The molecule has 0 unspecified atom stereocenters. The van der Waals surface area contributed by atoms with Crippen LogP contribution in [0.5, 0.6) is 0 Å². The molecule has 0 bridgehead atoms. The van der Waals surface area contributed by atoms with Crippen LogP contribution in [0.1, 0.15) is 11.1 Å². The highest BCUT2D eigenvalue weighted by Crippen LogP contribution is 2.34. The Bertz CT molecular complexity index is 394. The molecule has 0 N–H and O–H groups in total. The third-order valence-electron chi connectivity index (χ3n) is 4.81. The first-order valence-corrected chi connectivity index (χ1v) is 6.79. The summed E-state index contributed by atoms with van der Waals surface area (Å²) in [5.41, 5.74) is 3.15. The Balaban J connectivity index is 1.49. The van der Waals surface area contributed by atoms with Gasteiger partial charge in [0.25, 0.3) is 0 Å². The van der Waals surface area contributed by atoms with E-state index in [0.29, 0.717) is 0 Å². The molecule has 0 saturated carbocycles. The summed E-state index contributed by atoms with van der Waals surface area (Å²) >= 11 is 0. The van der Waals surface area contributed by atoms with E-state index in [1.54, 1.807) is 11.1 Å². The summed E-state index contributed by atoms with van der Waals surface area (Å²) in [5.74, 6) is 1.64. The van der Waals surface area contributed by atoms with E-state index < -0.39 is 0 Å². The molecule has 1 aliphatic carbocycles. The van der Waals surface area contributed by atoms with Crippen molar-refractivity contribution in [2.75, 3.05) is 26.3 Å². The molecular weight excluding hydrogens is 210 g/mol. The summed E-state index contributed by atoms with van der Waals surface area (Å²) in [5, 5.41) is 0. The summed E-state index contributed by atoms with van der Waals surface area (Å²) in [6.45, 7) is 4.54. The zero-order valence-corrected chi connectivity index (χ0v) is 10.1. The molecule has 1 aromatic rings. The zero-order valence-electron chi connectivity index (χ0n) is 10.1. The van der Waals surface area contributed by atoms with Gasteiger partial charge < -0.3 is 4.74 Å². The third kappa shape index (κ3) is 1.62. The molecule has 0 aromatic heterocycles. The molecule has 2 aliphatic heterocycles. The third-order valence-corrected chi connectivity index (χ3v) is 4.81. The Morgan fingerprint density at radius 2 is 1.53 bits per heavy atom. The molecule has 2 heteroatoms. The van der Waals surface area contributed by atoms with Crippen molar-refractivity contribution in [2.45, 2.75) is 18.9 Å².